The van der Waals surface area contributed by atoms with Gasteiger partial charge < -0.3 is 106 Å². The third kappa shape index (κ3) is 17.2. The molecular weight excluding hydrogens is 2020 g/mol. The number of anilines is 3. The molecule has 8 aromatic rings. The summed E-state index contributed by atoms with van der Waals surface area (Å²) in [6, 6.07) is 2.72. The molecule has 16 aliphatic heterocycles. The summed E-state index contributed by atoms with van der Waals surface area (Å²) in [7, 11) is -17.8. The number of nitrogens with two attached hydrogens (primary N) is 3. The molecule has 25 rings (SSSR count). The third-order valence-corrected chi connectivity index (χ3v) is 32.3. The normalized spacial score (nSPS) is 41.0. The number of hydrogen-bond donors (Lipinski definition) is 7. The van der Waals surface area contributed by atoms with Crippen LogP contribution in [-0.4, -0.2) is 302 Å². The molecule has 0 amide bonds. The van der Waals surface area contributed by atoms with E-state index in [2.05, 4.69) is 44.9 Å². The maximum absolute atomic E-state index is 13.4. The molecule has 1 aliphatic carbocycles. The van der Waals surface area contributed by atoms with Crippen LogP contribution in [0, 0.1) is 18.7 Å². The zero-order valence-corrected chi connectivity index (χ0v) is 81.2. The zero-order chi connectivity index (χ0) is 95.3. The summed E-state index contributed by atoms with van der Waals surface area (Å²) in [4.78, 5) is 116. The molecular formula is C72H90FN19O37P6Y. The fraction of sp³-hybridized carbons (Fsp3) is 0.639. The van der Waals surface area contributed by atoms with Crippen molar-refractivity contribution in [2.45, 2.75) is 165 Å². The van der Waals surface area contributed by atoms with Crippen molar-refractivity contribution in [2.75, 3.05) is 136 Å². The fourth-order valence-electron chi connectivity index (χ4n) is 19.3. The molecule has 12 bridgehead atoms. The number of aliphatic hydroxyl groups is 1. The molecule has 136 heavy (non-hydrogen) atoms. The number of nitrogen functional groups attached to an aromatic ring is 3. The first-order chi connectivity index (χ1) is 63.9. The Morgan fingerprint density at radius 3 is 1.39 bits per heavy atom. The van der Waals surface area contributed by atoms with Gasteiger partial charge in [-0.3, -0.25) is 107 Å². The Bertz CT molecular complexity index is 6720. The van der Waals surface area contributed by atoms with Crippen molar-refractivity contribution in [1.29, 1.82) is 0 Å². The topological polar surface area (TPSA) is 700 Å². The molecule has 30 atom stereocenters. The Balaban J connectivity index is 0.000000105. The van der Waals surface area contributed by atoms with Gasteiger partial charge in [0.15, 0.2) is 61.8 Å². The van der Waals surface area contributed by atoms with Gasteiger partial charge in [-0.15, -0.1) is 0 Å². The van der Waals surface area contributed by atoms with Crippen molar-refractivity contribution < 1.29 is 176 Å². The monoisotopic (exact) mass is 2110 g/mol. The molecule has 17 fully saturated rings. The second-order valence-electron chi connectivity index (χ2n) is 35.0. The molecule has 10 N–H and O–H groups in total. The molecule has 17 aliphatic rings. The second-order valence-corrected chi connectivity index (χ2v) is 46.3. The smallest absolute Gasteiger partial charge is 0.351 e. The van der Waals surface area contributed by atoms with Gasteiger partial charge in [-0.05, 0) is 32.8 Å². The summed E-state index contributed by atoms with van der Waals surface area (Å²) in [5, 5.41) is 10.6. The minimum absolute atomic E-state index is 0. The molecule has 64 heteroatoms. The zero-order valence-electron chi connectivity index (χ0n) is 72.9. The van der Waals surface area contributed by atoms with E-state index in [0.717, 1.165) is 17.2 Å². The minimum Gasteiger partial charge on any atom is -0.476 e. The van der Waals surface area contributed by atoms with Crippen molar-refractivity contribution in [3.05, 3.63) is 140 Å². The van der Waals surface area contributed by atoms with Gasteiger partial charge in [-0.1, -0.05) is 0 Å². The summed E-state index contributed by atoms with van der Waals surface area (Å²) < 4.78 is 222. The maximum atomic E-state index is 13.4. The van der Waals surface area contributed by atoms with E-state index in [-0.39, 0.29) is 116 Å². The Morgan fingerprint density at radius 1 is 0.515 bits per heavy atom. The summed E-state index contributed by atoms with van der Waals surface area (Å²) in [5.74, 6) is -0.393. The summed E-state index contributed by atoms with van der Waals surface area (Å²) in [6.45, 7) is 14.1. The predicted molar refractivity (Wildman–Crippen MR) is 449 cm³/mol. The van der Waals surface area contributed by atoms with Crippen molar-refractivity contribution in [2.24, 2.45) is 5.92 Å². The molecule has 735 valence electrons. The average Bonchev–Trinajstić information content (AvgIpc) is 1.57. The van der Waals surface area contributed by atoms with E-state index in [1.54, 1.807) is 28.7 Å². The van der Waals surface area contributed by atoms with Gasteiger partial charge in [0.25, 0.3) is 16.7 Å². The van der Waals surface area contributed by atoms with Crippen LogP contribution in [0.2, 0.25) is 0 Å². The average molecular weight is 2110 g/mol. The van der Waals surface area contributed by atoms with Crippen molar-refractivity contribution >= 4 is 85.9 Å². The van der Waals surface area contributed by atoms with Gasteiger partial charge in [-0.25, -0.2) is 39.1 Å². The Kier molecular flexibility index (Phi) is 25.4. The summed E-state index contributed by atoms with van der Waals surface area (Å²) in [6.07, 6.45) is 0.418. The number of imidazole rings is 2. The molecule has 0 aromatic carbocycles. The minimum atomic E-state index is -3.22. The molecule has 24 heterocycles. The number of fused-ring (bicyclic) bond motifs is 4. The summed E-state index contributed by atoms with van der Waals surface area (Å²) >= 11 is 0. The van der Waals surface area contributed by atoms with Crippen LogP contribution < -0.4 is 61.4 Å². The van der Waals surface area contributed by atoms with Crippen LogP contribution in [0.5, 0.6) is 5.88 Å². The molecule has 1 saturated carbocycles. The number of aromatic nitrogens is 16. The number of nitrogens with one attached hydrogen (secondary N) is 3. The first-order valence-corrected chi connectivity index (χ1v) is 53.7. The van der Waals surface area contributed by atoms with Crippen LogP contribution in [0.25, 0.3) is 22.3 Å². The molecule has 56 nitrogen and oxygen atoms in total. The SMILES string of the molecule is CCOc1nc(N)nc2c1ncn2[C@@H]1O[C@@]23CO[C@@H]1[C@@H]2OP(C)(=O)OC3.CP1(=O)OC[C@@]23CO[C@@H]([C@H](n4cc(F)c(=O)[nH]c4=O)O2)[C@@H]3O1.CP1(=O)OC[C@@]23CO[C@@H]([C@H](n4ccc(=O)[nH]c4=O)O2)[C@@H]3O1.CP1(=O)OC[C@@]23CO[C@@H]([C@H](n4ccc(N)nc4=O)O2)[C@@H]3O1.C[PH](=O)OC[C@@]12CC[C@@H]([C@H](n3cnc4c(N)ncnc43)O1)[C@@H]2O.Cc1cn([C@@H]2O[C@@]34CO[C@@H]2[C@@H]3OP(C)(=O)OC4)c(=O)[nH]c1=O.[Y]. The van der Waals surface area contributed by atoms with Crippen LogP contribution in [0.3, 0.4) is 0 Å². The molecule has 1 radical (unpaired) electrons. The van der Waals surface area contributed by atoms with E-state index in [1.807, 2.05) is 11.9 Å². The molecule has 16 saturated heterocycles. The maximum Gasteiger partial charge on any atom is 0.351 e. The summed E-state index contributed by atoms with van der Waals surface area (Å²) in [5.41, 5.74) is 9.71. The van der Waals surface area contributed by atoms with Crippen LogP contribution in [0.1, 0.15) is 62.7 Å². The number of halogens is 1. The number of nitrogens with zero attached hydrogens (tertiary/aromatic N) is 13. The number of aliphatic hydroxyl groups excluding tert-OH is 1. The van der Waals surface area contributed by atoms with Gasteiger partial charge >= 0.3 is 60.7 Å². The van der Waals surface area contributed by atoms with Crippen molar-refractivity contribution in [3.8, 4) is 5.88 Å². The molecule has 8 aromatic heterocycles. The van der Waals surface area contributed by atoms with Gasteiger partial charge in [0.1, 0.15) is 119 Å². The number of H-pyrrole nitrogens is 3. The Labute approximate surface area is 788 Å². The fourth-order valence-corrected chi connectivity index (χ4v) is 25.9. The number of aromatic amines is 3. The number of hydrogen-bond acceptors (Lipinski definition) is 47. The largest absolute Gasteiger partial charge is 0.476 e. The van der Waals surface area contributed by atoms with Gasteiger partial charge in [0.05, 0.1) is 104 Å². The van der Waals surface area contributed by atoms with E-state index in [4.69, 9.17) is 124 Å². The van der Waals surface area contributed by atoms with Crippen molar-refractivity contribution in [3.63, 3.8) is 0 Å². The Hall–Kier alpha value is -7.29. The first kappa shape index (κ1) is 97.5. The third-order valence-electron chi connectivity index (χ3n) is 25.7. The quantitative estimate of drug-likeness (QED) is 0.0823. The van der Waals surface area contributed by atoms with Crippen LogP contribution in [0.15, 0.2) is 89.5 Å². The molecule has 6 unspecified atom stereocenters. The van der Waals surface area contributed by atoms with Crippen molar-refractivity contribution in [1.82, 2.24) is 77.2 Å². The van der Waals surface area contributed by atoms with Crippen LogP contribution in [0.4, 0.5) is 22.0 Å². The van der Waals surface area contributed by atoms with E-state index in [1.165, 1.54) is 90.7 Å². The van der Waals surface area contributed by atoms with Gasteiger partial charge in [0.2, 0.25) is 17.6 Å². The first-order valence-electron chi connectivity index (χ1n) is 41.9. The molecule has 0 spiro atoms. The van der Waals surface area contributed by atoms with E-state index < -0.39 is 229 Å². The Morgan fingerprint density at radius 2 is 0.934 bits per heavy atom. The standard InChI is InChI=1S/C14H18N5O6P.C13H18N5O4P.C12H15N2O7P.C11H12FN2O7P.C11H14N3O6P.C11H13N2O7P.Y/c1-3-21-11-7-10(17-13(15)18-11)19(6-16-7)12-8-9-14(24-12,4-22-8)5-23-26(2,20)25-9;1-23(20)21-4-13-3-2-7(9(13)19)12(22-13)18-6-17-8-10(14)15-5-16-11(8)18;1-6-3-14(11(16)13-9(6)15)10-7-8-12(20-10,4-18-7)5-19-22(2,17)21-8;1-22(17)19-4-11-3-18-6(7(11)21-22)9(20-11)14-2-5(12)8(15)13-10(14)16;1-21(16)18-5-11-4-17-7(8(11)20-21)9(19-11)14-3-2-6(12)13-10(14)15;1-21(16)18-5-11-4-17-7(8(11)20-21)9(19-11)13-3-2-6(14)12-10(13)15;/h6,8-9,12H,3-5H2,1-2H3,(H2,15,17,18);5-7,9,12,19,23H,2-4H2,1H3,(H2,14,15,16);3,7-8,10H,4-5H2,1-2H3,(H,13,15,16);2,6-7,9H,3-4H2,1H3,(H,13,15,16);2-3,7-9H,4-5H2,1H3,(H2,12,13,15);2-3,7-9H,4-5H2,1H3,(H,12,14,15);/t8-,9+,12-,14-,26?;7-,9+,12-,13-;7-,8+,10-,12-,22?;6-,7+,9-,11-,22?;2*7-,8+,9-,11-,21?;/m111111./s1. The van der Waals surface area contributed by atoms with Crippen LogP contribution in [-0.2, 0) is 162 Å². The van der Waals surface area contributed by atoms with E-state index >= 15 is 0 Å². The van der Waals surface area contributed by atoms with E-state index in [9.17, 15) is 70.4 Å². The van der Waals surface area contributed by atoms with Gasteiger partial charge in [0, 0.05) is 109 Å². The number of aryl methyl sites for hydroxylation is 1. The second kappa shape index (κ2) is 35.4. The van der Waals surface area contributed by atoms with Gasteiger partial charge in [-0.2, -0.15) is 19.3 Å². The predicted octanol–water partition coefficient (Wildman–Crippen LogP) is -0.221. The van der Waals surface area contributed by atoms with E-state index in [0.29, 0.717) is 59.2 Å². The number of ether oxygens (including phenoxy) is 12. The number of rotatable bonds is 11. The van der Waals surface area contributed by atoms with Crippen LogP contribution >= 0.6 is 46.0 Å².